The Hall–Kier alpha value is -2.43. The van der Waals surface area contributed by atoms with Crippen LogP contribution in [0.3, 0.4) is 0 Å². The molecule has 0 saturated heterocycles. The van der Waals surface area contributed by atoms with Crippen LogP contribution in [0, 0.1) is 0 Å². The first-order valence-corrected chi connectivity index (χ1v) is 5.15. The molecule has 0 bridgehead atoms. The molecular formula is C12H12N4O. The van der Waals surface area contributed by atoms with Crippen LogP contribution in [-0.2, 0) is 6.54 Å². The zero-order valence-corrected chi connectivity index (χ0v) is 9.13. The number of nitrogens with zero attached hydrogens (tertiary/aromatic N) is 2. The first-order valence-electron chi connectivity index (χ1n) is 5.15. The van der Waals surface area contributed by atoms with Crippen molar-refractivity contribution in [3.8, 4) is 0 Å². The molecule has 3 N–H and O–H groups in total. The predicted molar refractivity (Wildman–Crippen MR) is 64.1 cm³/mol. The number of nitrogens with two attached hydrogens (primary N) is 1. The van der Waals surface area contributed by atoms with Gasteiger partial charge in [-0.25, -0.2) is 4.98 Å². The first-order chi connectivity index (χ1) is 8.25. The largest absolute Gasteiger partial charge is 0.384 e. The number of rotatable bonds is 3. The molecule has 0 aliphatic carbocycles. The second-order valence-electron chi connectivity index (χ2n) is 3.49. The number of nitrogens with one attached hydrogen (secondary N) is 1. The lowest BCUT2D eigenvalue weighted by Crippen LogP contribution is -2.24. The van der Waals surface area contributed by atoms with Crippen LogP contribution in [0.2, 0.25) is 0 Å². The van der Waals surface area contributed by atoms with E-state index in [9.17, 15) is 4.79 Å². The van der Waals surface area contributed by atoms with Crippen molar-refractivity contribution in [3.05, 3.63) is 54.0 Å². The summed E-state index contributed by atoms with van der Waals surface area (Å²) in [5, 5.41) is 2.75. The minimum Gasteiger partial charge on any atom is -0.384 e. The van der Waals surface area contributed by atoms with Gasteiger partial charge in [-0.3, -0.25) is 9.78 Å². The van der Waals surface area contributed by atoms with Crippen LogP contribution in [0.4, 0.5) is 5.82 Å². The van der Waals surface area contributed by atoms with Gasteiger partial charge in [0.15, 0.2) is 0 Å². The number of anilines is 1. The summed E-state index contributed by atoms with van der Waals surface area (Å²) in [6, 6.07) is 8.66. The fourth-order valence-corrected chi connectivity index (χ4v) is 1.35. The molecule has 0 aromatic carbocycles. The molecule has 0 atom stereocenters. The van der Waals surface area contributed by atoms with Gasteiger partial charge < -0.3 is 11.1 Å². The highest BCUT2D eigenvalue weighted by molar-refractivity contribution is 5.92. The van der Waals surface area contributed by atoms with E-state index in [4.69, 9.17) is 5.73 Å². The molecule has 0 aliphatic rings. The molecule has 86 valence electrons. The summed E-state index contributed by atoms with van der Waals surface area (Å²) in [6.07, 6.45) is 3.39. The third-order valence-corrected chi connectivity index (χ3v) is 2.18. The summed E-state index contributed by atoms with van der Waals surface area (Å²) in [7, 11) is 0. The van der Waals surface area contributed by atoms with Crippen LogP contribution in [0.15, 0.2) is 42.7 Å². The lowest BCUT2D eigenvalue weighted by Gasteiger charge is -2.04. The van der Waals surface area contributed by atoms with Crippen molar-refractivity contribution in [2.75, 3.05) is 5.73 Å². The molecule has 0 fully saturated rings. The highest BCUT2D eigenvalue weighted by atomic mass is 16.1. The van der Waals surface area contributed by atoms with Crippen molar-refractivity contribution in [3.63, 3.8) is 0 Å². The Balaban J connectivity index is 1.98. The van der Waals surface area contributed by atoms with Crippen LogP contribution in [-0.4, -0.2) is 15.9 Å². The van der Waals surface area contributed by atoms with Crippen molar-refractivity contribution < 1.29 is 4.79 Å². The number of aromatic nitrogens is 2. The molecule has 2 aromatic rings. The zero-order valence-electron chi connectivity index (χ0n) is 9.13. The molecule has 2 heterocycles. The van der Waals surface area contributed by atoms with Gasteiger partial charge in [-0.1, -0.05) is 12.1 Å². The van der Waals surface area contributed by atoms with E-state index in [2.05, 4.69) is 15.3 Å². The fourth-order valence-electron chi connectivity index (χ4n) is 1.35. The molecule has 5 heteroatoms. The van der Waals surface area contributed by atoms with E-state index in [-0.39, 0.29) is 5.91 Å². The van der Waals surface area contributed by atoms with E-state index in [1.165, 1.54) is 0 Å². The van der Waals surface area contributed by atoms with Crippen molar-refractivity contribution in [1.29, 1.82) is 0 Å². The van der Waals surface area contributed by atoms with Gasteiger partial charge in [0, 0.05) is 18.9 Å². The van der Waals surface area contributed by atoms with Crippen LogP contribution >= 0.6 is 0 Å². The average molecular weight is 228 g/mol. The van der Waals surface area contributed by atoms with Crippen molar-refractivity contribution in [1.82, 2.24) is 15.3 Å². The Labute approximate surface area is 98.7 Å². The van der Waals surface area contributed by atoms with Crippen LogP contribution in [0.25, 0.3) is 0 Å². The van der Waals surface area contributed by atoms with Crippen LogP contribution in [0.5, 0.6) is 0 Å². The Morgan fingerprint density at radius 1 is 1.29 bits per heavy atom. The number of amides is 1. The number of carbonyl (C=O) groups is 1. The summed E-state index contributed by atoms with van der Waals surface area (Å²) in [6.45, 7) is 0.420. The molecule has 0 spiro atoms. The van der Waals surface area contributed by atoms with E-state index >= 15 is 0 Å². The molecule has 5 nitrogen and oxygen atoms in total. The third-order valence-electron chi connectivity index (χ3n) is 2.18. The van der Waals surface area contributed by atoms with Crippen LogP contribution < -0.4 is 11.1 Å². The Kier molecular flexibility index (Phi) is 3.30. The number of nitrogen functional groups attached to an aromatic ring is 1. The van der Waals surface area contributed by atoms with E-state index in [1.807, 2.05) is 12.1 Å². The molecule has 2 aromatic heterocycles. The third kappa shape index (κ3) is 3.01. The maximum Gasteiger partial charge on any atom is 0.270 e. The Morgan fingerprint density at radius 2 is 2.18 bits per heavy atom. The van der Waals surface area contributed by atoms with Crippen molar-refractivity contribution >= 4 is 11.7 Å². The van der Waals surface area contributed by atoms with Gasteiger partial charge in [0.1, 0.15) is 11.5 Å². The first kappa shape index (κ1) is 11.1. The van der Waals surface area contributed by atoms with E-state index in [0.717, 1.165) is 5.56 Å². The SMILES string of the molecule is Nc1cccc(C(=O)NCc2cccnc2)n1. The minimum atomic E-state index is -0.249. The lowest BCUT2D eigenvalue weighted by molar-refractivity contribution is 0.0946. The van der Waals surface area contributed by atoms with Gasteiger partial charge in [0.25, 0.3) is 5.91 Å². The molecule has 0 unspecified atom stereocenters. The summed E-state index contributed by atoms with van der Waals surface area (Å²) >= 11 is 0. The maximum absolute atomic E-state index is 11.7. The number of carbonyl (C=O) groups excluding carboxylic acids is 1. The molecule has 2 rings (SSSR count). The predicted octanol–water partition coefficient (Wildman–Crippen LogP) is 0.989. The average Bonchev–Trinajstić information content (AvgIpc) is 2.37. The summed E-state index contributed by atoms with van der Waals surface area (Å²) < 4.78 is 0. The van der Waals surface area contributed by atoms with E-state index < -0.39 is 0 Å². The molecular weight excluding hydrogens is 216 g/mol. The van der Waals surface area contributed by atoms with Gasteiger partial charge in [-0.05, 0) is 23.8 Å². The van der Waals surface area contributed by atoms with E-state index in [0.29, 0.717) is 18.1 Å². The number of hydrogen-bond donors (Lipinski definition) is 2. The quantitative estimate of drug-likeness (QED) is 0.820. The monoisotopic (exact) mass is 228 g/mol. The fraction of sp³-hybridized carbons (Fsp3) is 0.0833. The zero-order chi connectivity index (χ0) is 12.1. The molecule has 17 heavy (non-hydrogen) atoms. The van der Waals surface area contributed by atoms with Gasteiger partial charge in [0.2, 0.25) is 0 Å². The summed E-state index contributed by atoms with van der Waals surface area (Å²) in [4.78, 5) is 19.6. The number of hydrogen-bond acceptors (Lipinski definition) is 4. The standard InChI is InChI=1S/C12H12N4O/c13-11-5-1-4-10(16-11)12(17)15-8-9-3-2-6-14-7-9/h1-7H,8H2,(H2,13,16)(H,15,17). The van der Waals surface area contributed by atoms with Gasteiger partial charge >= 0.3 is 0 Å². The minimum absolute atomic E-state index is 0.249. The van der Waals surface area contributed by atoms with Crippen molar-refractivity contribution in [2.24, 2.45) is 0 Å². The van der Waals surface area contributed by atoms with Gasteiger partial charge in [0.05, 0.1) is 0 Å². The highest BCUT2D eigenvalue weighted by Crippen LogP contribution is 2.01. The highest BCUT2D eigenvalue weighted by Gasteiger charge is 2.06. The second kappa shape index (κ2) is 5.07. The maximum atomic E-state index is 11.7. The molecule has 0 aliphatic heterocycles. The van der Waals surface area contributed by atoms with Gasteiger partial charge in [-0.15, -0.1) is 0 Å². The van der Waals surface area contributed by atoms with Crippen LogP contribution in [0.1, 0.15) is 16.1 Å². The smallest absolute Gasteiger partial charge is 0.270 e. The Bertz CT molecular complexity index is 513. The summed E-state index contributed by atoms with van der Waals surface area (Å²) in [5.41, 5.74) is 6.75. The molecule has 0 radical (unpaired) electrons. The topological polar surface area (TPSA) is 80.9 Å². The molecule has 0 saturated carbocycles. The second-order valence-corrected chi connectivity index (χ2v) is 3.49. The lowest BCUT2D eigenvalue weighted by atomic mass is 10.2. The number of pyridine rings is 2. The molecule has 1 amide bonds. The van der Waals surface area contributed by atoms with Gasteiger partial charge in [-0.2, -0.15) is 0 Å². The summed E-state index contributed by atoms with van der Waals surface area (Å²) in [5.74, 6) is 0.0835. The van der Waals surface area contributed by atoms with E-state index in [1.54, 1.807) is 30.6 Å². The van der Waals surface area contributed by atoms with Crippen molar-refractivity contribution in [2.45, 2.75) is 6.54 Å². The Morgan fingerprint density at radius 3 is 2.88 bits per heavy atom. The normalized spacial score (nSPS) is 9.88.